The molecule has 0 aliphatic carbocycles. The van der Waals surface area contributed by atoms with Gasteiger partial charge in [-0.1, -0.05) is 42.5 Å². The summed E-state index contributed by atoms with van der Waals surface area (Å²) in [6.45, 7) is 1.41. The third-order valence-corrected chi connectivity index (χ3v) is 2.94. The Morgan fingerprint density at radius 2 is 1.75 bits per heavy atom. The normalized spacial score (nSPS) is 10.0. The second-order valence-corrected chi connectivity index (χ2v) is 4.49. The number of hydrogen-bond acceptors (Lipinski definition) is 3. The summed E-state index contributed by atoms with van der Waals surface area (Å²) in [6.07, 6.45) is 1.98. The number of rotatable bonds is 8. The Morgan fingerprint density at radius 1 is 0.950 bits per heavy atom. The van der Waals surface area contributed by atoms with Crippen LogP contribution in [-0.2, 0) is 22.6 Å². The van der Waals surface area contributed by atoms with Gasteiger partial charge in [-0.05, 0) is 36.1 Å². The van der Waals surface area contributed by atoms with Crippen LogP contribution in [0.1, 0.15) is 17.5 Å². The van der Waals surface area contributed by atoms with Gasteiger partial charge in [0.05, 0.1) is 6.61 Å². The molecule has 0 aromatic heterocycles. The van der Waals surface area contributed by atoms with Crippen LogP contribution in [-0.4, -0.2) is 13.1 Å². The lowest BCUT2D eigenvalue weighted by Crippen LogP contribution is -2.00. The van der Waals surface area contributed by atoms with E-state index in [0.29, 0.717) is 13.1 Å². The zero-order chi connectivity index (χ0) is 14.0. The summed E-state index contributed by atoms with van der Waals surface area (Å²) in [5.41, 5.74) is 2.25. The number of hydrogen-bond donors (Lipinski definition) is 0. The van der Waals surface area contributed by atoms with E-state index in [1.807, 2.05) is 42.5 Å². The van der Waals surface area contributed by atoms with Crippen molar-refractivity contribution in [3.05, 3.63) is 65.7 Å². The van der Waals surface area contributed by atoms with Crippen molar-refractivity contribution < 1.29 is 14.3 Å². The van der Waals surface area contributed by atoms with E-state index in [-0.39, 0.29) is 6.61 Å². The summed E-state index contributed by atoms with van der Waals surface area (Å²) >= 11 is 0. The molecule has 0 radical (unpaired) electrons. The van der Waals surface area contributed by atoms with Crippen LogP contribution in [0.5, 0.6) is 5.75 Å². The number of ether oxygens (including phenoxy) is 2. The van der Waals surface area contributed by atoms with E-state index in [0.717, 1.165) is 24.2 Å². The van der Waals surface area contributed by atoms with Crippen LogP contribution >= 0.6 is 0 Å². The first kappa shape index (κ1) is 14.1. The molecule has 0 spiro atoms. The first-order chi connectivity index (χ1) is 9.88. The van der Waals surface area contributed by atoms with E-state index >= 15 is 0 Å². The minimum absolute atomic E-state index is 0.282. The number of aryl methyl sites for hydroxylation is 1. The lowest BCUT2D eigenvalue weighted by Gasteiger charge is -2.08. The molecule has 0 heterocycles. The van der Waals surface area contributed by atoms with Gasteiger partial charge in [-0.3, -0.25) is 4.79 Å². The van der Waals surface area contributed by atoms with Crippen LogP contribution in [0.3, 0.4) is 0 Å². The van der Waals surface area contributed by atoms with Crippen molar-refractivity contribution in [2.45, 2.75) is 19.4 Å². The van der Waals surface area contributed by atoms with Crippen LogP contribution < -0.4 is 4.74 Å². The fraction of sp³-hybridized carbons (Fsp3) is 0.235. The van der Waals surface area contributed by atoms with Crippen molar-refractivity contribution in [3.63, 3.8) is 0 Å². The quantitative estimate of drug-likeness (QED) is 0.545. The smallest absolute Gasteiger partial charge is 0.293 e. The lowest BCUT2D eigenvalue weighted by atomic mass is 10.1. The Morgan fingerprint density at radius 3 is 2.55 bits per heavy atom. The molecule has 2 aromatic rings. The average molecular weight is 270 g/mol. The maximum atomic E-state index is 10.2. The SMILES string of the molecule is O=COCc1cccc(OCCCc2ccccc2)c1. The maximum absolute atomic E-state index is 10.2. The summed E-state index contributed by atoms with van der Waals surface area (Å²) in [4.78, 5) is 10.2. The van der Waals surface area contributed by atoms with Crippen molar-refractivity contribution >= 4 is 6.47 Å². The molecule has 3 heteroatoms. The Kier molecular flexibility index (Phi) is 5.65. The van der Waals surface area contributed by atoms with Gasteiger partial charge in [0.25, 0.3) is 6.47 Å². The fourth-order valence-electron chi connectivity index (χ4n) is 1.97. The van der Waals surface area contributed by atoms with Gasteiger partial charge < -0.3 is 9.47 Å². The Labute approximate surface area is 119 Å². The second kappa shape index (κ2) is 8.00. The van der Waals surface area contributed by atoms with Gasteiger partial charge in [0.15, 0.2) is 0 Å². The average Bonchev–Trinajstić information content (AvgIpc) is 2.51. The Balaban J connectivity index is 1.75. The van der Waals surface area contributed by atoms with Gasteiger partial charge in [-0.15, -0.1) is 0 Å². The molecular weight excluding hydrogens is 252 g/mol. The van der Waals surface area contributed by atoms with Gasteiger partial charge in [-0.2, -0.15) is 0 Å². The first-order valence-corrected chi connectivity index (χ1v) is 6.69. The van der Waals surface area contributed by atoms with E-state index in [9.17, 15) is 4.79 Å². The van der Waals surface area contributed by atoms with E-state index in [1.165, 1.54) is 5.56 Å². The van der Waals surface area contributed by atoms with Crippen molar-refractivity contribution in [1.82, 2.24) is 0 Å². The molecular formula is C17H18O3. The molecule has 0 N–H and O–H groups in total. The van der Waals surface area contributed by atoms with E-state index < -0.39 is 0 Å². The van der Waals surface area contributed by atoms with Gasteiger partial charge >= 0.3 is 0 Å². The van der Waals surface area contributed by atoms with Gasteiger partial charge in [0.1, 0.15) is 12.4 Å². The highest BCUT2D eigenvalue weighted by atomic mass is 16.5. The van der Waals surface area contributed by atoms with Crippen molar-refractivity contribution in [1.29, 1.82) is 0 Å². The second-order valence-electron chi connectivity index (χ2n) is 4.49. The highest BCUT2D eigenvalue weighted by Gasteiger charge is 1.98. The maximum Gasteiger partial charge on any atom is 0.293 e. The molecule has 0 saturated carbocycles. The minimum atomic E-state index is 0.282. The standard InChI is InChI=1S/C17H18O3/c18-14-19-13-16-8-4-10-17(12-16)20-11-5-9-15-6-2-1-3-7-15/h1-4,6-8,10,12,14H,5,9,11,13H2. The van der Waals surface area contributed by atoms with Gasteiger partial charge in [0, 0.05) is 0 Å². The first-order valence-electron chi connectivity index (χ1n) is 6.69. The lowest BCUT2D eigenvalue weighted by molar-refractivity contribution is -0.129. The topological polar surface area (TPSA) is 35.5 Å². The number of carbonyl (C=O) groups excluding carboxylic acids is 1. The summed E-state index contributed by atoms with van der Waals surface area (Å²) in [7, 11) is 0. The molecule has 0 saturated heterocycles. The predicted octanol–water partition coefficient (Wildman–Crippen LogP) is 3.37. The molecule has 104 valence electrons. The van der Waals surface area contributed by atoms with Crippen LogP contribution in [0.4, 0.5) is 0 Å². The Hall–Kier alpha value is -2.29. The molecule has 0 aliphatic rings. The third kappa shape index (κ3) is 4.76. The fourth-order valence-corrected chi connectivity index (χ4v) is 1.97. The van der Waals surface area contributed by atoms with Crippen molar-refractivity contribution in [2.24, 2.45) is 0 Å². The number of carbonyl (C=O) groups is 1. The molecule has 0 bridgehead atoms. The molecule has 2 aromatic carbocycles. The molecule has 2 rings (SSSR count). The molecule has 3 nitrogen and oxygen atoms in total. The summed E-state index contributed by atoms with van der Waals surface area (Å²) in [5, 5.41) is 0. The van der Waals surface area contributed by atoms with E-state index in [1.54, 1.807) is 0 Å². The summed E-state index contributed by atoms with van der Waals surface area (Å²) in [5.74, 6) is 0.810. The third-order valence-electron chi connectivity index (χ3n) is 2.94. The largest absolute Gasteiger partial charge is 0.494 e. The van der Waals surface area contributed by atoms with Crippen molar-refractivity contribution in [3.8, 4) is 5.75 Å². The van der Waals surface area contributed by atoms with Crippen LogP contribution in [0.15, 0.2) is 54.6 Å². The zero-order valence-electron chi connectivity index (χ0n) is 11.3. The Bertz CT molecular complexity index is 523. The molecule has 0 aliphatic heterocycles. The summed E-state index contributed by atoms with van der Waals surface area (Å²) < 4.78 is 10.4. The van der Waals surface area contributed by atoms with E-state index in [4.69, 9.17) is 9.47 Å². The van der Waals surface area contributed by atoms with E-state index in [2.05, 4.69) is 12.1 Å². The van der Waals surface area contributed by atoms with Crippen LogP contribution in [0.2, 0.25) is 0 Å². The van der Waals surface area contributed by atoms with Crippen molar-refractivity contribution in [2.75, 3.05) is 6.61 Å². The molecule has 0 atom stereocenters. The highest BCUT2D eigenvalue weighted by molar-refractivity contribution is 5.38. The molecule has 0 amide bonds. The summed E-state index contributed by atoms with van der Waals surface area (Å²) in [6, 6.07) is 18.0. The van der Waals surface area contributed by atoms with Crippen LogP contribution in [0.25, 0.3) is 0 Å². The monoisotopic (exact) mass is 270 g/mol. The molecule has 20 heavy (non-hydrogen) atoms. The zero-order valence-corrected chi connectivity index (χ0v) is 11.3. The van der Waals surface area contributed by atoms with Gasteiger partial charge in [0.2, 0.25) is 0 Å². The highest BCUT2D eigenvalue weighted by Crippen LogP contribution is 2.14. The molecule has 0 unspecified atom stereocenters. The van der Waals surface area contributed by atoms with Gasteiger partial charge in [-0.25, -0.2) is 0 Å². The number of benzene rings is 2. The molecule has 0 fully saturated rings. The minimum Gasteiger partial charge on any atom is -0.494 e. The predicted molar refractivity (Wildman–Crippen MR) is 77.6 cm³/mol. The van der Waals surface area contributed by atoms with Crippen LogP contribution in [0, 0.1) is 0 Å².